The molecule has 0 amide bonds. The standard InChI is InChI=1S/C13H22N2/c1-5-15(4)9-8-12(3)13-7-6-11(2)10-14-13/h6-7,10,12H,5,8-9H2,1-4H3. The van der Waals surface area contributed by atoms with Gasteiger partial charge in [-0.3, -0.25) is 4.98 Å². The third kappa shape index (κ3) is 4.00. The van der Waals surface area contributed by atoms with Crippen LogP contribution in [0.5, 0.6) is 0 Å². The van der Waals surface area contributed by atoms with E-state index in [1.54, 1.807) is 0 Å². The Balaban J connectivity index is 2.46. The summed E-state index contributed by atoms with van der Waals surface area (Å²) in [6.45, 7) is 8.78. The lowest BCUT2D eigenvalue weighted by molar-refractivity contribution is 0.336. The van der Waals surface area contributed by atoms with Gasteiger partial charge in [0.15, 0.2) is 0 Å². The van der Waals surface area contributed by atoms with Gasteiger partial charge in [-0.1, -0.05) is 19.9 Å². The number of hydrogen-bond acceptors (Lipinski definition) is 2. The molecule has 0 aliphatic carbocycles. The Morgan fingerprint density at radius 3 is 2.67 bits per heavy atom. The molecule has 0 aromatic carbocycles. The Labute approximate surface area is 93.3 Å². The van der Waals surface area contributed by atoms with Crippen molar-refractivity contribution >= 4 is 0 Å². The fourth-order valence-electron chi connectivity index (χ4n) is 1.49. The Morgan fingerprint density at radius 2 is 2.13 bits per heavy atom. The molecule has 0 N–H and O–H groups in total. The Morgan fingerprint density at radius 1 is 1.40 bits per heavy atom. The van der Waals surface area contributed by atoms with Crippen LogP contribution in [0.1, 0.15) is 37.4 Å². The van der Waals surface area contributed by atoms with Crippen molar-refractivity contribution in [1.82, 2.24) is 9.88 Å². The smallest absolute Gasteiger partial charge is 0.0432 e. The number of hydrogen-bond donors (Lipinski definition) is 0. The average Bonchev–Trinajstić information content (AvgIpc) is 2.26. The van der Waals surface area contributed by atoms with Gasteiger partial charge in [-0.2, -0.15) is 0 Å². The molecule has 84 valence electrons. The topological polar surface area (TPSA) is 16.1 Å². The van der Waals surface area contributed by atoms with E-state index >= 15 is 0 Å². The highest BCUT2D eigenvalue weighted by molar-refractivity contribution is 5.14. The van der Waals surface area contributed by atoms with Crippen LogP contribution in [-0.4, -0.2) is 30.0 Å². The van der Waals surface area contributed by atoms with E-state index in [0.717, 1.165) is 13.1 Å². The van der Waals surface area contributed by atoms with Crippen LogP contribution in [0.4, 0.5) is 0 Å². The first kappa shape index (κ1) is 12.2. The average molecular weight is 206 g/mol. The number of aryl methyl sites for hydroxylation is 1. The van der Waals surface area contributed by atoms with Crippen LogP contribution in [0.3, 0.4) is 0 Å². The van der Waals surface area contributed by atoms with E-state index in [0.29, 0.717) is 5.92 Å². The lowest BCUT2D eigenvalue weighted by Gasteiger charge is -2.17. The molecular formula is C13H22N2. The van der Waals surface area contributed by atoms with Crippen molar-refractivity contribution in [2.45, 2.75) is 33.1 Å². The normalized spacial score (nSPS) is 13.1. The number of nitrogens with zero attached hydrogens (tertiary/aromatic N) is 2. The van der Waals surface area contributed by atoms with E-state index in [2.05, 4.69) is 49.8 Å². The summed E-state index contributed by atoms with van der Waals surface area (Å²) >= 11 is 0. The lowest BCUT2D eigenvalue weighted by Crippen LogP contribution is -2.20. The van der Waals surface area contributed by atoms with Crippen LogP contribution in [0.25, 0.3) is 0 Å². The van der Waals surface area contributed by atoms with Gasteiger partial charge >= 0.3 is 0 Å². The second kappa shape index (κ2) is 5.86. The van der Waals surface area contributed by atoms with Crippen LogP contribution in [0.15, 0.2) is 18.3 Å². The van der Waals surface area contributed by atoms with E-state index < -0.39 is 0 Å². The molecule has 1 aromatic heterocycles. The molecular weight excluding hydrogens is 184 g/mol. The first-order chi connectivity index (χ1) is 7.13. The van der Waals surface area contributed by atoms with Crippen LogP contribution in [-0.2, 0) is 0 Å². The summed E-state index contributed by atoms with van der Waals surface area (Å²) in [7, 11) is 2.16. The summed E-state index contributed by atoms with van der Waals surface area (Å²) in [5.74, 6) is 0.555. The lowest BCUT2D eigenvalue weighted by atomic mass is 10.0. The van der Waals surface area contributed by atoms with Crippen molar-refractivity contribution in [2.75, 3.05) is 20.1 Å². The van der Waals surface area contributed by atoms with Crippen molar-refractivity contribution in [2.24, 2.45) is 0 Å². The van der Waals surface area contributed by atoms with Crippen LogP contribution >= 0.6 is 0 Å². The molecule has 1 aromatic rings. The molecule has 1 heterocycles. The Hall–Kier alpha value is -0.890. The van der Waals surface area contributed by atoms with Crippen molar-refractivity contribution in [1.29, 1.82) is 0 Å². The van der Waals surface area contributed by atoms with Gasteiger partial charge in [0.1, 0.15) is 0 Å². The minimum atomic E-state index is 0.555. The van der Waals surface area contributed by atoms with Crippen LogP contribution < -0.4 is 0 Å². The largest absolute Gasteiger partial charge is 0.307 e. The van der Waals surface area contributed by atoms with Gasteiger partial charge in [-0.25, -0.2) is 0 Å². The summed E-state index contributed by atoms with van der Waals surface area (Å²) < 4.78 is 0. The summed E-state index contributed by atoms with van der Waals surface area (Å²) in [5, 5.41) is 0. The van der Waals surface area contributed by atoms with Gasteiger partial charge in [0.2, 0.25) is 0 Å². The zero-order valence-corrected chi connectivity index (χ0v) is 10.3. The van der Waals surface area contributed by atoms with Gasteiger partial charge in [0.25, 0.3) is 0 Å². The van der Waals surface area contributed by atoms with E-state index in [-0.39, 0.29) is 0 Å². The quantitative estimate of drug-likeness (QED) is 0.736. The maximum absolute atomic E-state index is 4.46. The SMILES string of the molecule is CCN(C)CCC(C)c1ccc(C)cn1. The predicted octanol–water partition coefficient (Wildman–Crippen LogP) is 2.84. The van der Waals surface area contributed by atoms with Gasteiger partial charge in [0, 0.05) is 11.9 Å². The molecule has 2 nitrogen and oxygen atoms in total. The molecule has 1 atom stereocenters. The molecule has 0 radical (unpaired) electrons. The molecule has 0 saturated carbocycles. The minimum Gasteiger partial charge on any atom is -0.307 e. The van der Waals surface area contributed by atoms with Gasteiger partial charge in [0.05, 0.1) is 0 Å². The highest BCUT2D eigenvalue weighted by Gasteiger charge is 2.07. The maximum Gasteiger partial charge on any atom is 0.0432 e. The highest BCUT2D eigenvalue weighted by Crippen LogP contribution is 2.16. The molecule has 1 unspecified atom stereocenters. The van der Waals surface area contributed by atoms with E-state index in [4.69, 9.17) is 0 Å². The van der Waals surface area contributed by atoms with Gasteiger partial charge in [-0.15, -0.1) is 0 Å². The summed E-state index contributed by atoms with van der Waals surface area (Å²) in [5.41, 5.74) is 2.45. The van der Waals surface area contributed by atoms with Crippen LogP contribution in [0, 0.1) is 6.92 Å². The summed E-state index contributed by atoms with van der Waals surface area (Å²) in [6.07, 6.45) is 3.13. The molecule has 0 spiro atoms. The molecule has 2 heteroatoms. The number of rotatable bonds is 5. The molecule has 0 aliphatic heterocycles. The monoisotopic (exact) mass is 206 g/mol. The minimum absolute atomic E-state index is 0.555. The maximum atomic E-state index is 4.46. The summed E-state index contributed by atoms with van der Waals surface area (Å²) in [4.78, 5) is 6.80. The molecule has 15 heavy (non-hydrogen) atoms. The van der Waals surface area contributed by atoms with Crippen molar-refractivity contribution < 1.29 is 0 Å². The van der Waals surface area contributed by atoms with Crippen LogP contribution in [0.2, 0.25) is 0 Å². The molecule has 0 bridgehead atoms. The summed E-state index contributed by atoms with van der Waals surface area (Å²) in [6, 6.07) is 4.29. The molecule has 1 rings (SSSR count). The number of pyridine rings is 1. The molecule has 0 aliphatic rings. The molecule has 0 fully saturated rings. The third-order valence-corrected chi connectivity index (χ3v) is 2.92. The van der Waals surface area contributed by atoms with E-state index in [1.807, 2.05) is 6.20 Å². The van der Waals surface area contributed by atoms with E-state index in [9.17, 15) is 0 Å². The Kier molecular flexibility index (Phi) is 4.76. The molecule has 0 saturated heterocycles. The number of aromatic nitrogens is 1. The zero-order valence-electron chi connectivity index (χ0n) is 10.3. The first-order valence-corrected chi connectivity index (χ1v) is 5.74. The second-order valence-corrected chi connectivity index (χ2v) is 4.35. The van der Waals surface area contributed by atoms with Gasteiger partial charge < -0.3 is 4.90 Å². The second-order valence-electron chi connectivity index (χ2n) is 4.35. The Bertz CT molecular complexity index is 279. The van der Waals surface area contributed by atoms with Crippen molar-refractivity contribution in [3.63, 3.8) is 0 Å². The highest BCUT2D eigenvalue weighted by atomic mass is 15.1. The third-order valence-electron chi connectivity index (χ3n) is 2.92. The predicted molar refractivity (Wildman–Crippen MR) is 65.2 cm³/mol. The van der Waals surface area contributed by atoms with Crippen molar-refractivity contribution in [3.8, 4) is 0 Å². The van der Waals surface area contributed by atoms with Gasteiger partial charge in [-0.05, 0) is 51.0 Å². The van der Waals surface area contributed by atoms with Crippen molar-refractivity contribution in [3.05, 3.63) is 29.6 Å². The fraction of sp³-hybridized carbons (Fsp3) is 0.615. The van der Waals surface area contributed by atoms with E-state index in [1.165, 1.54) is 17.7 Å². The first-order valence-electron chi connectivity index (χ1n) is 5.74. The fourth-order valence-corrected chi connectivity index (χ4v) is 1.49. The zero-order chi connectivity index (χ0) is 11.3.